The molecule has 24 heavy (non-hydrogen) atoms. The molecule has 1 aliphatic heterocycles. The number of imide groups is 1. The van der Waals surface area contributed by atoms with E-state index >= 15 is 0 Å². The lowest BCUT2D eigenvalue weighted by Gasteiger charge is -2.15. The van der Waals surface area contributed by atoms with Crippen molar-refractivity contribution in [3.63, 3.8) is 0 Å². The van der Waals surface area contributed by atoms with Crippen LogP contribution in [0.2, 0.25) is 0 Å². The van der Waals surface area contributed by atoms with E-state index in [1.807, 2.05) is 0 Å². The van der Waals surface area contributed by atoms with Crippen LogP contribution in [0.3, 0.4) is 0 Å². The third-order valence-electron chi connectivity index (χ3n) is 3.77. The first kappa shape index (κ1) is 16.0. The van der Waals surface area contributed by atoms with Crippen molar-refractivity contribution in [2.24, 2.45) is 0 Å². The quantitative estimate of drug-likeness (QED) is 0.807. The van der Waals surface area contributed by atoms with Crippen LogP contribution in [0, 0.1) is 0 Å². The summed E-state index contributed by atoms with van der Waals surface area (Å²) < 4.78 is 39.1. The van der Waals surface area contributed by atoms with E-state index in [9.17, 15) is 27.6 Å². The molecule has 0 bridgehead atoms. The topological polar surface area (TPSA) is 59.4 Å². The average Bonchev–Trinajstić information content (AvgIpc) is 2.77. The summed E-state index contributed by atoms with van der Waals surface area (Å²) in [5.41, 5.74) is -1.99. The van der Waals surface area contributed by atoms with Gasteiger partial charge in [0.15, 0.2) is 0 Å². The second-order valence-electron chi connectivity index (χ2n) is 5.23. The molecule has 0 aliphatic carbocycles. The zero-order valence-electron chi connectivity index (χ0n) is 12.2. The number of nitrogens with zero attached hydrogens (tertiary/aromatic N) is 2. The first-order chi connectivity index (χ1) is 11.3. The van der Waals surface area contributed by atoms with Crippen LogP contribution >= 0.6 is 0 Å². The van der Waals surface area contributed by atoms with E-state index in [1.165, 1.54) is 18.3 Å². The van der Waals surface area contributed by atoms with Gasteiger partial charge in [0.25, 0.3) is 17.4 Å². The van der Waals surface area contributed by atoms with Crippen LogP contribution in [0.25, 0.3) is 0 Å². The smallest absolute Gasteiger partial charge is 0.313 e. The zero-order valence-corrected chi connectivity index (χ0v) is 12.2. The summed E-state index contributed by atoms with van der Waals surface area (Å²) >= 11 is 0. The van der Waals surface area contributed by atoms with Gasteiger partial charge in [-0.3, -0.25) is 19.3 Å². The van der Waals surface area contributed by atoms with E-state index in [1.54, 1.807) is 12.1 Å². The number of carbonyl (C=O) groups is 2. The molecule has 0 saturated carbocycles. The Hall–Kier alpha value is -2.90. The summed E-state index contributed by atoms with van der Waals surface area (Å²) in [6.45, 7) is -0.401. The summed E-state index contributed by atoms with van der Waals surface area (Å²) in [7, 11) is 0. The summed E-state index contributed by atoms with van der Waals surface area (Å²) in [6.07, 6.45) is -3.56. The van der Waals surface area contributed by atoms with Gasteiger partial charge in [-0.05, 0) is 24.3 Å². The third kappa shape index (κ3) is 2.60. The Morgan fingerprint density at radius 1 is 0.833 bits per heavy atom. The van der Waals surface area contributed by atoms with Crippen LogP contribution in [0.15, 0.2) is 47.4 Å². The van der Waals surface area contributed by atoms with Crippen molar-refractivity contribution in [3.8, 4) is 0 Å². The lowest BCUT2D eigenvalue weighted by Crippen LogP contribution is -2.36. The summed E-state index contributed by atoms with van der Waals surface area (Å²) in [4.78, 5) is 37.1. The Kier molecular flexibility index (Phi) is 3.75. The highest BCUT2D eigenvalue weighted by molar-refractivity contribution is 6.21. The molecule has 124 valence electrons. The number of rotatable bonds is 3. The number of hydrogen-bond donors (Lipinski definition) is 0. The molecule has 0 spiro atoms. The van der Waals surface area contributed by atoms with Crippen LogP contribution < -0.4 is 5.56 Å². The lowest BCUT2D eigenvalue weighted by atomic mass is 10.1. The summed E-state index contributed by atoms with van der Waals surface area (Å²) in [5, 5.41) is 0. The van der Waals surface area contributed by atoms with Crippen molar-refractivity contribution in [2.75, 3.05) is 6.54 Å². The second kappa shape index (κ2) is 5.63. The predicted molar refractivity (Wildman–Crippen MR) is 77.5 cm³/mol. The van der Waals surface area contributed by atoms with Gasteiger partial charge < -0.3 is 4.57 Å². The van der Waals surface area contributed by atoms with E-state index < -0.39 is 29.1 Å². The zero-order chi connectivity index (χ0) is 17.5. The Balaban J connectivity index is 1.82. The summed E-state index contributed by atoms with van der Waals surface area (Å²) in [6, 6.07) is 8.04. The fourth-order valence-corrected chi connectivity index (χ4v) is 2.58. The van der Waals surface area contributed by atoms with Gasteiger partial charge >= 0.3 is 6.18 Å². The molecule has 0 N–H and O–H groups in total. The second-order valence-corrected chi connectivity index (χ2v) is 5.23. The number of pyridine rings is 1. The fourth-order valence-electron chi connectivity index (χ4n) is 2.58. The van der Waals surface area contributed by atoms with Crippen LogP contribution in [0.4, 0.5) is 13.2 Å². The number of carbonyl (C=O) groups excluding carboxylic acids is 2. The SMILES string of the molecule is O=C1c2ccccc2C(=O)N1CCn1cccc(C(F)(F)F)c1=O. The molecule has 1 aliphatic rings. The number of hydrogen-bond acceptors (Lipinski definition) is 3. The molecule has 8 heteroatoms. The van der Waals surface area contributed by atoms with Crippen LogP contribution in [-0.2, 0) is 12.7 Å². The Morgan fingerprint density at radius 2 is 1.42 bits per heavy atom. The molecule has 2 aromatic rings. The number of fused-ring (bicyclic) bond motifs is 1. The van der Waals surface area contributed by atoms with E-state index in [-0.39, 0.29) is 24.2 Å². The van der Waals surface area contributed by atoms with E-state index in [0.717, 1.165) is 15.5 Å². The number of amides is 2. The third-order valence-corrected chi connectivity index (χ3v) is 3.77. The van der Waals surface area contributed by atoms with Crippen molar-refractivity contribution < 1.29 is 22.8 Å². The van der Waals surface area contributed by atoms with Crippen LogP contribution in [0.5, 0.6) is 0 Å². The fraction of sp³-hybridized carbons (Fsp3) is 0.188. The Labute approximate surface area is 133 Å². The molecule has 5 nitrogen and oxygen atoms in total. The molecule has 2 amide bonds. The normalized spacial score (nSPS) is 14.2. The maximum Gasteiger partial charge on any atom is 0.421 e. The molecule has 0 atom stereocenters. The maximum absolute atomic E-state index is 12.7. The monoisotopic (exact) mass is 336 g/mol. The molecule has 3 rings (SSSR count). The highest BCUT2D eigenvalue weighted by atomic mass is 19.4. The van der Waals surface area contributed by atoms with Gasteiger partial charge in [-0.15, -0.1) is 0 Å². The minimum absolute atomic E-state index is 0.187. The molecule has 1 aromatic carbocycles. The Bertz CT molecular complexity index is 852. The summed E-state index contributed by atoms with van der Waals surface area (Å²) in [5.74, 6) is -1.04. The lowest BCUT2D eigenvalue weighted by molar-refractivity contribution is -0.139. The van der Waals surface area contributed by atoms with Crippen LogP contribution in [0.1, 0.15) is 26.3 Å². The van der Waals surface area contributed by atoms with E-state index in [2.05, 4.69) is 0 Å². The van der Waals surface area contributed by atoms with Gasteiger partial charge in [-0.2, -0.15) is 13.2 Å². The first-order valence-corrected chi connectivity index (χ1v) is 7.02. The first-order valence-electron chi connectivity index (χ1n) is 7.02. The predicted octanol–water partition coefficient (Wildman–Crippen LogP) is 2.16. The standard InChI is InChI=1S/C16H11F3N2O3/c17-16(18,19)12-6-3-7-20(15(12)24)8-9-21-13(22)10-4-1-2-5-11(10)14(21)23/h1-7H,8-9H2. The van der Waals surface area contributed by atoms with Gasteiger partial charge in [0, 0.05) is 19.3 Å². The number of aromatic nitrogens is 1. The minimum Gasteiger partial charge on any atom is -0.313 e. The van der Waals surface area contributed by atoms with Crippen molar-refractivity contribution in [1.29, 1.82) is 0 Å². The number of benzene rings is 1. The van der Waals surface area contributed by atoms with Crippen molar-refractivity contribution in [3.05, 3.63) is 69.6 Å². The molecule has 0 saturated heterocycles. The average molecular weight is 336 g/mol. The maximum atomic E-state index is 12.7. The molecule has 0 fully saturated rings. The highest BCUT2D eigenvalue weighted by Gasteiger charge is 2.36. The highest BCUT2D eigenvalue weighted by Crippen LogP contribution is 2.26. The van der Waals surface area contributed by atoms with Gasteiger partial charge in [0.1, 0.15) is 5.56 Å². The van der Waals surface area contributed by atoms with Crippen LogP contribution in [-0.4, -0.2) is 27.8 Å². The Morgan fingerprint density at radius 3 is 1.96 bits per heavy atom. The minimum atomic E-state index is -4.75. The van der Waals surface area contributed by atoms with E-state index in [0.29, 0.717) is 6.07 Å². The number of halogens is 3. The molecular weight excluding hydrogens is 325 g/mol. The molecule has 2 heterocycles. The van der Waals surface area contributed by atoms with E-state index in [4.69, 9.17) is 0 Å². The molecule has 0 unspecified atom stereocenters. The van der Waals surface area contributed by atoms with Crippen molar-refractivity contribution in [2.45, 2.75) is 12.7 Å². The molecule has 0 radical (unpaired) electrons. The largest absolute Gasteiger partial charge is 0.421 e. The van der Waals surface area contributed by atoms with Gasteiger partial charge in [-0.1, -0.05) is 12.1 Å². The van der Waals surface area contributed by atoms with Gasteiger partial charge in [-0.25, -0.2) is 0 Å². The number of alkyl halides is 3. The van der Waals surface area contributed by atoms with Crippen molar-refractivity contribution >= 4 is 11.8 Å². The molecular formula is C16H11F3N2O3. The van der Waals surface area contributed by atoms with Crippen molar-refractivity contribution in [1.82, 2.24) is 9.47 Å². The van der Waals surface area contributed by atoms with Gasteiger partial charge in [0.05, 0.1) is 11.1 Å². The molecule has 1 aromatic heterocycles. The van der Waals surface area contributed by atoms with Gasteiger partial charge in [0.2, 0.25) is 0 Å².